The Morgan fingerprint density at radius 2 is 1.84 bits per heavy atom. The lowest BCUT2D eigenvalue weighted by molar-refractivity contribution is 0.116. The van der Waals surface area contributed by atoms with Crippen LogP contribution < -0.4 is 0 Å². The molecule has 0 aliphatic carbocycles. The normalized spacial score (nSPS) is 14.5. The molecule has 4 heterocycles. The first-order valence-corrected chi connectivity index (χ1v) is 10.4. The summed E-state index contributed by atoms with van der Waals surface area (Å²) in [6.07, 6.45) is 3.14. The van der Waals surface area contributed by atoms with Crippen molar-refractivity contribution in [1.82, 2.24) is 35.1 Å². The van der Waals surface area contributed by atoms with Crippen molar-refractivity contribution in [1.29, 1.82) is 0 Å². The van der Waals surface area contributed by atoms with Crippen LogP contribution in [0.3, 0.4) is 0 Å². The van der Waals surface area contributed by atoms with E-state index in [-0.39, 0.29) is 5.89 Å². The molecular weight excluding hydrogens is 416 g/mol. The number of likely N-dealkylation sites (tertiary alicyclic amines) is 1. The molecule has 1 aromatic carbocycles. The predicted molar refractivity (Wildman–Crippen MR) is 112 cm³/mol. The van der Waals surface area contributed by atoms with E-state index in [1.165, 1.54) is 24.6 Å². The minimum atomic E-state index is -2.80. The van der Waals surface area contributed by atoms with Gasteiger partial charge in [-0.3, -0.25) is 9.88 Å². The summed E-state index contributed by atoms with van der Waals surface area (Å²) in [5, 5.41) is 15.5. The summed E-state index contributed by atoms with van der Waals surface area (Å²) in [4.78, 5) is 6.81. The summed E-state index contributed by atoms with van der Waals surface area (Å²) in [6, 6.07) is 11.9. The molecular formula is C22H21F2N7O. The van der Waals surface area contributed by atoms with Crippen molar-refractivity contribution in [3.8, 4) is 22.7 Å². The number of benzene rings is 1. The average Bonchev–Trinajstić information content (AvgIpc) is 3.57. The maximum absolute atomic E-state index is 12.6. The van der Waals surface area contributed by atoms with Gasteiger partial charge in [-0.25, -0.2) is 4.68 Å². The van der Waals surface area contributed by atoms with E-state index in [0.29, 0.717) is 12.1 Å². The highest BCUT2D eigenvalue weighted by atomic mass is 19.3. The van der Waals surface area contributed by atoms with E-state index in [1.807, 2.05) is 12.3 Å². The lowest BCUT2D eigenvalue weighted by atomic mass is 10.1. The van der Waals surface area contributed by atoms with Crippen molar-refractivity contribution >= 4 is 0 Å². The highest BCUT2D eigenvalue weighted by Crippen LogP contribution is 2.23. The number of hydrogen-bond donors (Lipinski definition) is 0. The minimum Gasteiger partial charge on any atom is -0.415 e. The monoisotopic (exact) mass is 437 g/mol. The van der Waals surface area contributed by atoms with E-state index in [9.17, 15) is 8.78 Å². The highest BCUT2D eigenvalue weighted by molar-refractivity contribution is 5.58. The lowest BCUT2D eigenvalue weighted by Crippen LogP contribution is -2.18. The van der Waals surface area contributed by atoms with Crippen molar-refractivity contribution < 1.29 is 13.2 Å². The van der Waals surface area contributed by atoms with Crippen LogP contribution in [0.15, 0.2) is 53.2 Å². The molecule has 164 valence electrons. The summed E-state index contributed by atoms with van der Waals surface area (Å²) in [5.74, 6) is -0.695. The number of alkyl halides is 2. The van der Waals surface area contributed by atoms with Gasteiger partial charge in [0.2, 0.25) is 5.89 Å². The molecule has 1 aliphatic rings. The molecule has 32 heavy (non-hydrogen) atoms. The molecule has 1 fully saturated rings. The molecule has 0 unspecified atom stereocenters. The SMILES string of the molecule is FC(F)c1nnc(-c2ccc(Cn3cc(-c4cccc(CN5CCCC5)c4)nn3)nc2)o1. The first kappa shape index (κ1) is 20.4. The molecule has 0 atom stereocenters. The van der Waals surface area contributed by atoms with Gasteiger partial charge in [-0.2, -0.15) is 8.78 Å². The molecule has 1 saturated heterocycles. The van der Waals surface area contributed by atoms with Crippen LogP contribution in [0.5, 0.6) is 0 Å². The topological polar surface area (TPSA) is 85.8 Å². The standard InChI is InChI=1S/C22H21F2N7O/c23-20(24)22-28-27-21(32-22)17-6-7-18(25-11-17)13-31-14-19(26-29-31)16-5-3-4-15(10-16)12-30-8-1-2-9-30/h3-7,10-11,14,20H,1-2,8-9,12-13H2. The molecule has 0 radical (unpaired) electrons. The smallest absolute Gasteiger partial charge is 0.314 e. The molecule has 8 nitrogen and oxygen atoms in total. The van der Waals surface area contributed by atoms with Crippen molar-refractivity contribution in [2.45, 2.75) is 32.4 Å². The van der Waals surface area contributed by atoms with Gasteiger partial charge in [0.05, 0.1) is 24.0 Å². The van der Waals surface area contributed by atoms with E-state index in [1.54, 1.807) is 16.8 Å². The van der Waals surface area contributed by atoms with Crippen molar-refractivity contribution in [3.05, 3.63) is 65.9 Å². The lowest BCUT2D eigenvalue weighted by Gasteiger charge is -2.14. The van der Waals surface area contributed by atoms with Crippen molar-refractivity contribution in [2.75, 3.05) is 13.1 Å². The molecule has 0 bridgehead atoms. The Morgan fingerprint density at radius 1 is 0.969 bits per heavy atom. The molecule has 10 heteroatoms. The van der Waals surface area contributed by atoms with Gasteiger partial charge < -0.3 is 4.42 Å². The molecule has 1 aliphatic heterocycles. The Labute approximate surface area is 182 Å². The van der Waals surface area contributed by atoms with Crippen LogP contribution in [0.25, 0.3) is 22.7 Å². The zero-order chi connectivity index (χ0) is 21.9. The third kappa shape index (κ3) is 4.54. The maximum atomic E-state index is 12.6. The largest absolute Gasteiger partial charge is 0.415 e. The third-order valence-corrected chi connectivity index (χ3v) is 5.39. The molecule has 0 N–H and O–H groups in total. The number of halogens is 2. The zero-order valence-electron chi connectivity index (χ0n) is 17.2. The summed E-state index contributed by atoms with van der Waals surface area (Å²) < 4.78 is 31.9. The van der Waals surface area contributed by atoms with Crippen LogP contribution in [0.2, 0.25) is 0 Å². The highest BCUT2D eigenvalue weighted by Gasteiger charge is 2.17. The fourth-order valence-electron chi connectivity index (χ4n) is 3.79. The molecule has 0 spiro atoms. The van der Waals surface area contributed by atoms with Gasteiger partial charge in [0, 0.05) is 18.3 Å². The quantitative estimate of drug-likeness (QED) is 0.432. The fraction of sp³-hybridized carbons (Fsp3) is 0.318. The Kier molecular flexibility index (Phi) is 5.68. The molecule has 0 amide bonds. The first-order chi connectivity index (χ1) is 15.6. The van der Waals surface area contributed by atoms with E-state index >= 15 is 0 Å². The van der Waals surface area contributed by atoms with Gasteiger partial charge in [0.15, 0.2) is 0 Å². The summed E-state index contributed by atoms with van der Waals surface area (Å²) >= 11 is 0. The number of hydrogen-bond acceptors (Lipinski definition) is 7. The summed E-state index contributed by atoms with van der Waals surface area (Å²) in [7, 11) is 0. The fourth-order valence-corrected chi connectivity index (χ4v) is 3.79. The van der Waals surface area contributed by atoms with E-state index in [2.05, 4.69) is 48.6 Å². The molecule has 4 aromatic rings. The van der Waals surface area contributed by atoms with Gasteiger partial charge in [-0.05, 0) is 49.7 Å². The van der Waals surface area contributed by atoms with Crippen molar-refractivity contribution in [3.63, 3.8) is 0 Å². The number of nitrogens with zero attached hydrogens (tertiary/aromatic N) is 7. The second kappa shape index (κ2) is 8.91. The zero-order valence-corrected chi connectivity index (χ0v) is 17.2. The van der Waals surface area contributed by atoms with Crippen LogP contribution in [0.4, 0.5) is 8.78 Å². The van der Waals surface area contributed by atoms with E-state index in [0.717, 1.165) is 36.6 Å². The van der Waals surface area contributed by atoms with Gasteiger partial charge in [0.1, 0.15) is 5.69 Å². The van der Waals surface area contributed by atoms with Gasteiger partial charge in [-0.15, -0.1) is 15.3 Å². The molecule has 0 saturated carbocycles. The number of rotatable bonds is 7. The maximum Gasteiger partial charge on any atom is 0.314 e. The van der Waals surface area contributed by atoms with Crippen LogP contribution in [0, 0.1) is 0 Å². The number of aromatic nitrogens is 6. The van der Waals surface area contributed by atoms with Gasteiger partial charge >= 0.3 is 6.43 Å². The molecule has 5 rings (SSSR count). The van der Waals surface area contributed by atoms with Gasteiger partial charge in [0.25, 0.3) is 5.89 Å². The second-order valence-corrected chi connectivity index (χ2v) is 7.77. The number of pyridine rings is 1. The minimum absolute atomic E-state index is 0.0104. The first-order valence-electron chi connectivity index (χ1n) is 10.4. The van der Waals surface area contributed by atoms with Crippen LogP contribution >= 0.6 is 0 Å². The Morgan fingerprint density at radius 3 is 2.59 bits per heavy atom. The second-order valence-electron chi connectivity index (χ2n) is 7.77. The Hall–Kier alpha value is -3.53. The Bertz CT molecular complexity index is 1180. The Balaban J connectivity index is 1.26. The third-order valence-electron chi connectivity index (χ3n) is 5.39. The van der Waals surface area contributed by atoms with Crippen molar-refractivity contribution in [2.24, 2.45) is 0 Å². The van der Waals surface area contributed by atoms with Gasteiger partial charge in [-0.1, -0.05) is 23.4 Å². The van der Waals surface area contributed by atoms with Crippen LogP contribution in [-0.4, -0.2) is 48.2 Å². The van der Waals surface area contributed by atoms with Crippen LogP contribution in [0.1, 0.15) is 36.4 Å². The summed E-state index contributed by atoms with van der Waals surface area (Å²) in [5.41, 5.74) is 4.31. The molecule has 3 aromatic heterocycles. The predicted octanol–water partition coefficient (Wildman–Crippen LogP) is 3.97. The van der Waals surface area contributed by atoms with E-state index in [4.69, 9.17) is 4.42 Å². The van der Waals surface area contributed by atoms with E-state index < -0.39 is 12.3 Å². The average molecular weight is 437 g/mol. The summed E-state index contributed by atoms with van der Waals surface area (Å²) in [6.45, 7) is 3.70. The van der Waals surface area contributed by atoms with Crippen LogP contribution in [-0.2, 0) is 13.1 Å².